The highest BCUT2D eigenvalue weighted by Crippen LogP contribution is 2.27. The molecule has 19 heavy (non-hydrogen) atoms. The molecule has 1 N–H and O–H groups in total. The van der Waals surface area contributed by atoms with Crippen LogP contribution >= 0.6 is 0 Å². The van der Waals surface area contributed by atoms with E-state index in [1.165, 1.54) is 0 Å². The van der Waals surface area contributed by atoms with Gasteiger partial charge in [-0.1, -0.05) is 0 Å². The molecule has 0 aromatic heterocycles. The Morgan fingerprint density at radius 1 is 0.947 bits per heavy atom. The summed E-state index contributed by atoms with van der Waals surface area (Å²) in [6.45, 7) is 0. The Labute approximate surface area is 111 Å². The number of methoxy groups -OCH3 is 2. The molecule has 0 aliphatic heterocycles. The largest absolute Gasteiger partial charge is 0.508 e. The molecule has 0 spiro atoms. The van der Waals surface area contributed by atoms with E-state index in [0.29, 0.717) is 11.5 Å². The number of rotatable bonds is 4. The third kappa shape index (κ3) is 3.25. The summed E-state index contributed by atoms with van der Waals surface area (Å²) >= 11 is 0. The molecule has 2 aromatic rings. The van der Waals surface area contributed by atoms with E-state index in [0.717, 1.165) is 11.3 Å². The SMILES string of the molecule is COc1ccc(C=Nc2ccc(O)cc2)cc1OC. The molecule has 0 saturated carbocycles. The van der Waals surface area contributed by atoms with Gasteiger partial charge in [-0.3, -0.25) is 4.99 Å². The summed E-state index contributed by atoms with van der Waals surface area (Å²) in [5, 5.41) is 9.19. The third-order valence-electron chi connectivity index (χ3n) is 2.62. The highest BCUT2D eigenvalue weighted by Gasteiger charge is 2.02. The smallest absolute Gasteiger partial charge is 0.161 e. The van der Waals surface area contributed by atoms with Crippen LogP contribution in [0.25, 0.3) is 0 Å². The first-order valence-electron chi connectivity index (χ1n) is 5.78. The van der Waals surface area contributed by atoms with Crippen LogP contribution in [0.4, 0.5) is 5.69 Å². The van der Waals surface area contributed by atoms with Crippen molar-refractivity contribution in [2.75, 3.05) is 14.2 Å². The van der Waals surface area contributed by atoms with E-state index in [4.69, 9.17) is 9.47 Å². The van der Waals surface area contributed by atoms with Gasteiger partial charge in [-0.2, -0.15) is 0 Å². The van der Waals surface area contributed by atoms with E-state index in [-0.39, 0.29) is 5.75 Å². The second-order valence-electron chi connectivity index (χ2n) is 3.89. The van der Waals surface area contributed by atoms with Crippen molar-refractivity contribution >= 4 is 11.9 Å². The Bertz CT molecular complexity index is 576. The molecule has 0 amide bonds. The fourth-order valence-corrected chi connectivity index (χ4v) is 1.62. The summed E-state index contributed by atoms with van der Waals surface area (Å²) in [6, 6.07) is 12.3. The number of hydrogen-bond acceptors (Lipinski definition) is 4. The number of nitrogens with zero attached hydrogens (tertiary/aromatic N) is 1. The van der Waals surface area contributed by atoms with Gasteiger partial charge in [-0.25, -0.2) is 0 Å². The first kappa shape index (κ1) is 13.0. The first-order chi connectivity index (χ1) is 9.22. The molecule has 0 unspecified atom stereocenters. The molecular weight excluding hydrogens is 242 g/mol. The maximum absolute atomic E-state index is 9.19. The van der Waals surface area contributed by atoms with Gasteiger partial charge in [0, 0.05) is 6.21 Å². The van der Waals surface area contributed by atoms with Gasteiger partial charge < -0.3 is 14.6 Å². The lowest BCUT2D eigenvalue weighted by molar-refractivity contribution is 0.355. The summed E-state index contributed by atoms with van der Waals surface area (Å²) in [7, 11) is 3.20. The standard InChI is InChI=1S/C15H15NO3/c1-18-14-8-3-11(9-15(14)19-2)10-16-12-4-6-13(17)7-5-12/h3-10,17H,1-2H3. The number of phenols is 1. The fraction of sp³-hybridized carbons (Fsp3) is 0.133. The zero-order chi connectivity index (χ0) is 13.7. The van der Waals surface area contributed by atoms with Crippen LogP contribution in [0.2, 0.25) is 0 Å². The van der Waals surface area contributed by atoms with Gasteiger partial charge in [0.05, 0.1) is 19.9 Å². The van der Waals surface area contributed by atoms with E-state index >= 15 is 0 Å². The van der Waals surface area contributed by atoms with Gasteiger partial charge >= 0.3 is 0 Å². The minimum absolute atomic E-state index is 0.227. The molecule has 0 heterocycles. The number of phenolic OH excluding ortho intramolecular Hbond substituents is 1. The lowest BCUT2D eigenvalue weighted by Gasteiger charge is -2.07. The molecule has 0 bridgehead atoms. The number of benzene rings is 2. The zero-order valence-corrected chi connectivity index (χ0v) is 10.8. The van der Waals surface area contributed by atoms with Crippen LogP contribution in [-0.4, -0.2) is 25.5 Å². The summed E-state index contributed by atoms with van der Waals surface area (Å²) < 4.78 is 10.4. The van der Waals surface area contributed by atoms with E-state index in [1.807, 2.05) is 18.2 Å². The van der Waals surface area contributed by atoms with Crippen molar-refractivity contribution in [1.82, 2.24) is 0 Å². The molecule has 0 aliphatic carbocycles. The fourth-order valence-electron chi connectivity index (χ4n) is 1.62. The predicted octanol–water partition coefficient (Wildman–Crippen LogP) is 3.16. The Balaban J connectivity index is 2.21. The molecule has 2 rings (SSSR count). The van der Waals surface area contributed by atoms with E-state index in [2.05, 4.69) is 4.99 Å². The lowest BCUT2D eigenvalue weighted by Crippen LogP contribution is -1.91. The summed E-state index contributed by atoms with van der Waals surface area (Å²) in [5.74, 6) is 1.58. The van der Waals surface area contributed by atoms with Crippen molar-refractivity contribution in [2.24, 2.45) is 4.99 Å². The Kier molecular flexibility index (Phi) is 4.03. The van der Waals surface area contributed by atoms with E-state index < -0.39 is 0 Å². The summed E-state index contributed by atoms with van der Waals surface area (Å²) in [6.07, 6.45) is 1.73. The van der Waals surface area contributed by atoms with Crippen LogP contribution in [0, 0.1) is 0 Å². The Morgan fingerprint density at radius 2 is 1.63 bits per heavy atom. The van der Waals surface area contributed by atoms with Crippen molar-refractivity contribution in [3.63, 3.8) is 0 Å². The first-order valence-corrected chi connectivity index (χ1v) is 5.78. The van der Waals surface area contributed by atoms with Crippen molar-refractivity contribution in [3.05, 3.63) is 48.0 Å². The van der Waals surface area contributed by atoms with Crippen LogP contribution in [0.5, 0.6) is 17.2 Å². The molecule has 0 aliphatic rings. The van der Waals surface area contributed by atoms with Gasteiger partial charge in [0.2, 0.25) is 0 Å². The van der Waals surface area contributed by atoms with Crippen molar-refractivity contribution in [1.29, 1.82) is 0 Å². The Morgan fingerprint density at radius 3 is 2.26 bits per heavy atom. The molecule has 4 heteroatoms. The van der Waals surface area contributed by atoms with Crippen LogP contribution in [0.15, 0.2) is 47.5 Å². The van der Waals surface area contributed by atoms with E-state index in [1.54, 1.807) is 44.7 Å². The maximum Gasteiger partial charge on any atom is 0.161 e. The monoisotopic (exact) mass is 257 g/mol. The molecule has 0 saturated heterocycles. The minimum Gasteiger partial charge on any atom is -0.508 e. The lowest BCUT2D eigenvalue weighted by atomic mass is 10.2. The predicted molar refractivity (Wildman–Crippen MR) is 74.9 cm³/mol. The van der Waals surface area contributed by atoms with Gasteiger partial charge in [0.15, 0.2) is 11.5 Å². The van der Waals surface area contributed by atoms with Crippen LogP contribution < -0.4 is 9.47 Å². The Hall–Kier alpha value is -2.49. The topological polar surface area (TPSA) is 51.0 Å². The number of aliphatic imine (C=N–C) groups is 1. The van der Waals surface area contributed by atoms with Gasteiger partial charge in [0.1, 0.15) is 5.75 Å². The van der Waals surface area contributed by atoms with Gasteiger partial charge in [0.25, 0.3) is 0 Å². The molecule has 0 radical (unpaired) electrons. The quantitative estimate of drug-likeness (QED) is 0.856. The van der Waals surface area contributed by atoms with E-state index in [9.17, 15) is 5.11 Å². The average Bonchev–Trinajstić information content (AvgIpc) is 2.46. The number of aromatic hydroxyl groups is 1. The molecular formula is C15H15NO3. The summed E-state index contributed by atoms with van der Waals surface area (Å²) in [5.41, 5.74) is 1.68. The molecule has 98 valence electrons. The highest BCUT2D eigenvalue weighted by atomic mass is 16.5. The van der Waals surface area contributed by atoms with Crippen molar-refractivity contribution in [2.45, 2.75) is 0 Å². The number of hydrogen-bond donors (Lipinski definition) is 1. The second-order valence-corrected chi connectivity index (χ2v) is 3.89. The van der Waals surface area contributed by atoms with Gasteiger partial charge in [-0.05, 0) is 48.0 Å². The molecule has 4 nitrogen and oxygen atoms in total. The number of ether oxygens (including phenoxy) is 2. The van der Waals surface area contributed by atoms with Crippen LogP contribution in [-0.2, 0) is 0 Å². The second kappa shape index (κ2) is 5.91. The van der Waals surface area contributed by atoms with Gasteiger partial charge in [-0.15, -0.1) is 0 Å². The third-order valence-corrected chi connectivity index (χ3v) is 2.62. The van der Waals surface area contributed by atoms with Crippen LogP contribution in [0.1, 0.15) is 5.56 Å². The van der Waals surface area contributed by atoms with Crippen LogP contribution in [0.3, 0.4) is 0 Å². The highest BCUT2D eigenvalue weighted by molar-refractivity contribution is 5.83. The minimum atomic E-state index is 0.227. The average molecular weight is 257 g/mol. The van der Waals surface area contributed by atoms with Crippen molar-refractivity contribution < 1.29 is 14.6 Å². The molecule has 0 fully saturated rings. The maximum atomic E-state index is 9.19. The summed E-state index contributed by atoms with van der Waals surface area (Å²) in [4.78, 5) is 4.32. The zero-order valence-electron chi connectivity index (χ0n) is 10.8. The molecule has 2 aromatic carbocycles. The van der Waals surface area contributed by atoms with Crippen molar-refractivity contribution in [3.8, 4) is 17.2 Å². The molecule has 0 atom stereocenters. The normalized spacial score (nSPS) is 10.6.